The van der Waals surface area contributed by atoms with E-state index in [4.69, 9.17) is 4.74 Å². The van der Waals surface area contributed by atoms with Gasteiger partial charge >= 0.3 is 0 Å². The number of amides is 1. The Labute approximate surface area is 164 Å². The van der Waals surface area contributed by atoms with Gasteiger partial charge in [0.2, 0.25) is 0 Å². The fourth-order valence-electron chi connectivity index (χ4n) is 2.80. The third-order valence-electron chi connectivity index (χ3n) is 4.26. The first-order chi connectivity index (χ1) is 12.7. The molecule has 26 heavy (non-hydrogen) atoms. The molecule has 0 spiro atoms. The van der Waals surface area contributed by atoms with Gasteiger partial charge in [-0.25, -0.2) is 0 Å². The maximum atomic E-state index is 12.6. The quantitative estimate of drug-likeness (QED) is 0.522. The average Bonchev–Trinajstić information content (AvgIpc) is 3.19. The normalized spacial score (nSPS) is 16.6. The van der Waals surface area contributed by atoms with Crippen LogP contribution in [0.2, 0.25) is 0 Å². The summed E-state index contributed by atoms with van der Waals surface area (Å²) < 4.78 is 5.68. The Morgan fingerprint density at radius 2 is 1.96 bits per heavy atom. The maximum absolute atomic E-state index is 12.6. The van der Waals surface area contributed by atoms with Crippen LogP contribution in [0, 0.1) is 6.92 Å². The van der Waals surface area contributed by atoms with E-state index < -0.39 is 0 Å². The van der Waals surface area contributed by atoms with Crippen molar-refractivity contribution < 1.29 is 9.53 Å². The highest BCUT2D eigenvalue weighted by molar-refractivity contribution is 7.99. The van der Waals surface area contributed by atoms with Crippen molar-refractivity contribution in [3.05, 3.63) is 59.7 Å². The van der Waals surface area contributed by atoms with Crippen molar-refractivity contribution >= 4 is 29.4 Å². The zero-order chi connectivity index (χ0) is 18.2. The van der Waals surface area contributed by atoms with E-state index in [2.05, 4.69) is 36.5 Å². The molecule has 3 rings (SSSR count). The molecule has 5 heteroatoms. The van der Waals surface area contributed by atoms with E-state index >= 15 is 0 Å². The predicted octanol–water partition coefficient (Wildman–Crippen LogP) is 4.79. The van der Waals surface area contributed by atoms with Gasteiger partial charge in [-0.2, -0.15) is 0 Å². The molecule has 1 N–H and O–H groups in total. The largest absolute Gasteiger partial charge is 0.377 e. The third kappa shape index (κ3) is 5.79. The van der Waals surface area contributed by atoms with Crippen LogP contribution in [0.4, 0.5) is 0 Å². The summed E-state index contributed by atoms with van der Waals surface area (Å²) in [6.07, 6.45) is 2.59. The zero-order valence-corrected chi connectivity index (χ0v) is 16.7. The van der Waals surface area contributed by atoms with E-state index in [1.165, 1.54) is 10.5 Å². The summed E-state index contributed by atoms with van der Waals surface area (Å²) in [6, 6.07) is 16.3. The molecule has 2 aromatic rings. The van der Waals surface area contributed by atoms with E-state index in [1.54, 1.807) is 23.5 Å². The second-order valence-corrected chi connectivity index (χ2v) is 8.59. The lowest BCUT2D eigenvalue weighted by Crippen LogP contribution is -2.26. The maximum Gasteiger partial charge on any atom is 0.252 e. The van der Waals surface area contributed by atoms with Gasteiger partial charge in [-0.05, 0) is 44.0 Å². The molecule has 0 aromatic heterocycles. The van der Waals surface area contributed by atoms with Crippen LogP contribution < -0.4 is 5.32 Å². The van der Waals surface area contributed by atoms with Crippen LogP contribution in [0.25, 0.3) is 0 Å². The zero-order valence-electron chi connectivity index (χ0n) is 15.1. The van der Waals surface area contributed by atoms with Crippen molar-refractivity contribution in [3.63, 3.8) is 0 Å². The highest BCUT2D eigenvalue weighted by atomic mass is 32.2. The van der Waals surface area contributed by atoms with Crippen molar-refractivity contribution in [3.8, 4) is 0 Å². The van der Waals surface area contributed by atoms with Crippen molar-refractivity contribution in [2.24, 2.45) is 0 Å². The Morgan fingerprint density at radius 1 is 1.15 bits per heavy atom. The highest BCUT2D eigenvalue weighted by Crippen LogP contribution is 2.26. The summed E-state index contributed by atoms with van der Waals surface area (Å²) in [5.41, 5.74) is 2.02. The smallest absolute Gasteiger partial charge is 0.252 e. The number of thioether (sulfide) groups is 2. The van der Waals surface area contributed by atoms with Crippen molar-refractivity contribution in [1.82, 2.24) is 5.32 Å². The number of nitrogens with one attached hydrogen (secondary N) is 1. The summed E-state index contributed by atoms with van der Waals surface area (Å²) in [7, 11) is 0. The molecule has 0 saturated carbocycles. The SMILES string of the molecule is Cc1ccc(SCCNC(=O)c2ccccc2SCC2CCCO2)cc1. The molecule has 1 atom stereocenters. The lowest BCUT2D eigenvalue weighted by molar-refractivity contribution is 0.0953. The molecule has 1 fully saturated rings. The van der Waals surface area contributed by atoms with Crippen LogP contribution in [0.5, 0.6) is 0 Å². The van der Waals surface area contributed by atoms with Crippen LogP contribution in [0.15, 0.2) is 58.3 Å². The lowest BCUT2D eigenvalue weighted by atomic mass is 10.2. The number of hydrogen-bond acceptors (Lipinski definition) is 4. The minimum absolute atomic E-state index is 0.00458. The molecule has 1 saturated heterocycles. The minimum Gasteiger partial charge on any atom is -0.377 e. The second kappa shape index (κ2) is 10.0. The van der Waals surface area contributed by atoms with E-state index in [1.807, 2.05) is 24.3 Å². The molecule has 1 unspecified atom stereocenters. The third-order valence-corrected chi connectivity index (χ3v) is 6.48. The first-order valence-corrected chi connectivity index (χ1v) is 11.0. The Hall–Kier alpha value is -1.43. The summed E-state index contributed by atoms with van der Waals surface area (Å²) in [6.45, 7) is 3.61. The van der Waals surface area contributed by atoms with Crippen LogP contribution in [0.1, 0.15) is 28.8 Å². The fraction of sp³-hybridized carbons (Fsp3) is 0.381. The van der Waals surface area contributed by atoms with E-state index in [-0.39, 0.29) is 5.91 Å². The van der Waals surface area contributed by atoms with Gasteiger partial charge in [-0.15, -0.1) is 23.5 Å². The number of ether oxygens (including phenoxy) is 1. The molecular weight excluding hydrogens is 362 g/mol. The Balaban J connectivity index is 1.46. The van der Waals surface area contributed by atoms with E-state index in [9.17, 15) is 4.79 Å². The number of benzene rings is 2. The molecule has 1 aliphatic rings. The molecule has 0 aliphatic carbocycles. The van der Waals surface area contributed by atoms with Gasteiger partial charge in [0.15, 0.2) is 0 Å². The summed E-state index contributed by atoms with van der Waals surface area (Å²) in [5, 5.41) is 3.04. The topological polar surface area (TPSA) is 38.3 Å². The summed E-state index contributed by atoms with van der Waals surface area (Å²) in [4.78, 5) is 14.8. The van der Waals surface area contributed by atoms with Crippen molar-refractivity contribution in [2.45, 2.75) is 35.7 Å². The molecule has 1 heterocycles. The first kappa shape index (κ1) is 19.3. The lowest BCUT2D eigenvalue weighted by Gasteiger charge is -2.12. The number of carbonyl (C=O) groups excluding carboxylic acids is 1. The Bertz CT molecular complexity index is 712. The van der Waals surface area contributed by atoms with Crippen LogP contribution in [0.3, 0.4) is 0 Å². The molecule has 138 valence electrons. The predicted molar refractivity (Wildman–Crippen MR) is 110 cm³/mol. The molecule has 3 nitrogen and oxygen atoms in total. The Morgan fingerprint density at radius 3 is 2.73 bits per heavy atom. The first-order valence-electron chi connectivity index (χ1n) is 9.03. The van der Waals surface area contributed by atoms with Crippen LogP contribution >= 0.6 is 23.5 Å². The van der Waals surface area contributed by atoms with Gasteiger partial charge in [0.05, 0.1) is 11.7 Å². The average molecular weight is 388 g/mol. The summed E-state index contributed by atoms with van der Waals surface area (Å²) in [5.74, 6) is 1.78. The Kier molecular flexibility index (Phi) is 7.47. The van der Waals surface area contributed by atoms with Crippen LogP contribution in [-0.4, -0.2) is 36.7 Å². The second-order valence-electron chi connectivity index (χ2n) is 6.36. The van der Waals surface area contributed by atoms with E-state index in [0.717, 1.165) is 41.4 Å². The monoisotopic (exact) mass is 387 g/mol. The fourth-order valence-corrected chi connectivity index (χ4v) is 4.69. The summed E-state index contributed by atoms with van der Waals surface area (Å²) >= 11 is 3.48. The van der Waals surface area contributed by atoms with Gasteiger partial charge in [0.25, 0.3) is 5.91 Å². The van der Waals surface area contributed by atoms with Crippen molar-refractivity contribution in [1.29, 1.82) is 0 Å². The van der Waals surface area contributed by atoms with Crippen LogP contribution in [-0.2, 0) is 4.74 Å². The van der Waals surface area contributed by atoms with Gasteiger partial charge < -0.3 is 10.1 Å². The number of carbonyl (C=O) groups is 1. The van der Waals surface area contributed by atoms with Gasteiger partial charge in [-0.3, -0.25) is 4.79 Å². The van der Waals surface area contributed by atoms with E-state index in [0.29, 0.717) is 12.6 Å². The molecule has 1 amide bonds. The molecular formula is C21H25NO2S2. The standard InChI is InChI=1S/C21H25NO2S2/c1-16-8-10-18(11-9-16)25-14-12-22-21(23)19-6-2-3-7-20(19)26-15-17-5-4-13-24-17/h2-3,6-11,17H,4-5,12-15H2,1H3,(H,22,23). The van der Waals surface area contributed by atoms with Gasteiger partial charge in [-0.1, -0.05) is 29.8 Å². The number of aryl methyl sites for hydroxylation is 1. The molecule has 2 aromatic carbocycles. The number of rotatable bonds is 8. The number of hydrogen-bond donors (Lipinski definition) is 1. The molecule has 0 bridgehead atoms. The molecule has 1 aliphatic heterocycles. The van der Waals surface area contributed by atoms with Crippen molar-refractivity contribution in [2.75, 3.05) is 24.7 Å². The molecule has 0 radical (unpaired) electrons. The van der Waals surface area contributed by atoms with Gasteiger partial charge in [0.1, 0.15) is 0 Å². The minimum atomic E-state index is 0.00458. The van der Waals surface area contributed by atoms with Gasteiger partial charge in [0, 0.05) is 34.4 Å². The highest BCUT2D eigenvalue weighted by Gasteiger charge is 2.17.